The van der Waals surface area contributed by atoms with Crippen LogP contribution in [0.25, 0.3) is 21.1 Å². The van der Waals surface area contributed by atoms with Gasteiger partial charge >= 0.3 is 0 Å². The Morgan fingerprint density at radius 2 is 1.89 bits per heavy atom. The summed E-state index contributed by atoms with van der Waals surface area (Å²) < 4.78 is 1.28. The molecule has 0 atom stereocenters. The Hall–Kier alpha value is -3.01. The van der Waals surface area contributed by atoms with Gasteiger partial charge in [0, 0.05) is 49.4 Å². The maximum absolute atomic E-state index is 12.9. The third-order valence-electron chi connectivity index (χ3n) is 7.26. The largest absolute Gasteiger partial charge is 0.354 e. The molecule has 1 aromatic carbocycles. The SMILES string of the molecule is Nn1c(CCCCN2CCN(c3ccc4ccccc4n3)CC2)nc2sc3c(c2c1=O)CCNC3. The summed E-state index contributed by atoms with van der Waals surface area (Å²) in [6.45, 7) is 6.82. The highest BCUT2D eigenvalue weighted by Gasteiger charge is 2.22. The maximum atomic E-state index is 12.9. The second kappa shape index (κ2) is 9.56. The van der Waals surface area contributed by atoms with E-state index in [1.807, 2.05) is 6.07 Å². The maximum Gasteiger partial charge on any atom is 0.280 e. The summed E-state index contributed by atoms with van der Waals surface area (Å²) in [5.74, 6) is 7.94. The quantitative estimate of drug-likeness (QED) is 0.318. The fourth-order valence-corrected chi connectivity index (χ4v) is 6.45. The van der Waals surface area contributed by atoms with Crippen LogP contribution in [0.1, 0.15) is 29.1 Å². The van der Waals surface area contributed by atoms with Crippen molar-refractivity contribution < 1.29 is 0 Å². The summed E-state index contributed by atoms with van der Waals surface area (Å²) in [4.78, 5) is 29.6. The van der Waals surface area contributed by atoms with E-state index < -0.39 is 0 Å². The third kappa shape index (κ3) is 4.39. The first kappa shape index (κ1) is 22.5. The molecule has 5 heterocycles. The van der Waals surface area contributed by atoms with Crippen molar-refractivity contribution >= 4 is 38.3 Å². The van der Waals surface area contributed by atoms with E-state index in [-0.39, 0.29) is 5.56 Å². The van der Waals surface area contributed by atoms with Crippen LogP contribution in [-0.2, 0) is 19.4 Å². The summed E-state index contributed by atoms with van der Waals surface area (Å²) in [6.07, 6.45) is 3.63. The number of aryl methyl sites for hydroxylation is 1. The van der Waals surface area contributed by atoms with Crippen LogP contribution in [0.3, 0.4) is 0 Å². The summed E-state index contributed by atoms with van der Waals surface area (Å²) in [5, 5.41) is 5.29. The van der Waals surface area contributed by atoms with Crippen LogP contribution < -0.4 is 21.6 Å². The monoisotopic (exact) mass is 489 g/mol. The number of aromatic nitrogens is 3. The first-order valence-electron chi connectivity index (χ1n) is 12.5. The number of thiophene rings is 1. The number of rotatable bonds is 6. The van der Waals surface area contributed by atoms with E-state index in [0.29, 0.717) is 5.82 Å². The Morgan fingerprint density at radius 1 is 1.03 bits per heavy atom. The minimum absolute atomic E-state index is 0.0946. The Balaban J connectivity index is 1.02. The predicted molar refractivity (Wildman–Crippen MR) is 143 cm³/mol. The number of hydrogen-bond donors (Lipinski definition) is 2. The molecule has 2 aliphatic rings. The van der Waals surface area contributed by atoms with Gasteiger partial charge in [-0.3, -0.25) is 9.69 Å². The van der Waals surface area contributed by atoms with Gasteiger partial charge in [0.25, 0.3) is 5.56 Å². The molecule has 3 aromatic heterocycles. The molecular weight excluding hydrogens is 458 g/mol. The van der Waals surface area contributed by atoms with Gasteiger partial charge < -0.3 is 16.1 Å². The van der Waals surface area contributed by atoms with Crippen molar-refractivity contribution in [2.45, 2.75) is 32.2 Å². The molecule has 6 rings (SSSR count). The lowest BCUT2D eigenvalue weighted by Gasteiger charge is -2.35. The van der Waals surface area contributed by atoms with Crippen LogP contribution in [0.2, 0.25) is 0 Å². The molecule has 9 heteroatoms. The molecular formula is C26H31N7OS. The number of piperazine rings is 1. The summed E-state index contributed by atoms with van der Waals surface area (Å²) in [5.41, 5.74) is 2.10. The molecule has 8 nitrogen and oxygen atoms in total. The molecule has 0 saturated carbocycles. The van der Waals surface area contributed by atoms with Crippen molar-refractivity contribution in [1.29, 1.82) is 0 Å². The van der Waals surface area contributed by atoms with Gasteiger partial charge in [-0.2, -0.15) is 0 Å². The molecule has 3 N–H and O–H groups in total. The van der Waals surface area contributed by atoms with Crippen LogP contribution in [0.15, 0.2) is 41.2 Å². The second-order valence-electron chi connectivity index (χ2n) is 9.46. The summed E-state index contributed by atoms with van der Waals surface area (Å²) in [7, 11) is 0. The minimum Gasteiger partial charge on any atom is -0.354 e. The second-order valence-corrected chi connectivity index (χ2v) is 10.5. The topological polar surface area (TPSA) is 92.3 Å². The van der Waals surface area contributed by atoms with Crippen LogP contribution in [0, 0.1) is 0 Å². The Labute approximate surface area is 208 Å². The number of nitrogens with zero attached hydrogens (tertiary/aromatic N) is 5. The van der Waals surface area contributed by atoms with Gasteiger partial charge in [-0.05, 0) is 56.1 Å². The average Bonchev–Trinajstić information content (AvgIpc) is 3.28. The van der Waals surface area contributed by atoms with Gasteiger partial charge in [0.15, 0.2) is 0 Å². The number of nitrogens with one attached hydrogen (secondary N) is 1. The van der Waals surface area contributed by atoms with Crippen molar-refractivity contribution in [3.63, 3.8) is 0 Å². The lowest BCUT2D eigenvalue weighted by molar-refractivity contribution is 0.252. The van der Waals surface area contributed by atoms with Crippen molar-refractivity contribution in [3.8, 4) is 0 Å². The number of nitrogens with two attached hydrogens (primary N) is 1. The first-order chi connectivity index (χ1) is 17.2. The van der Waals surface area contributed by atoms with Crippen LogP contribution >= 0.6 is 11.3 Å². The zero-order chi connectivity index (χ0) is 23.8. The van der Waals surface area contributed by atoms with Gasteiger partial charge in [0.05, 0.1) is 10.9 Å². The number of nitrogen functional groups attached to an aromatic ring is 1. The number of unbranched alkanes of at least 4 members (excludes halogenated alkanes) is 1. The standard InChI is InChI=1S/C26H31N7OS/c27-33-23(30-25-24(26(33)34)19-10-11-28-17-21(19)35-25)7-3-4-12-31-13-15-32(16-14-31)22-9-8-18-5-1-2-6-20(18)29-22/h1-2,5-6,8-9,28H,3-4,7,10-17,27H2. The molecule has 0 bridgehead atoms. The zero-order valence-corrected chi connectivity index (χ0v) is 20.7. The Kier molecular flexibility index (Phi) is 6.13. The van der Waals surface area contributed by atoms with Gasteiger partial charge in [0.1, 0.15) is 16.5 Å². The van der Waals surface area contributed by atoms with Crippen LogP contribution in [0.5, 0.6) is 0 Å². The molecule has 0 unspecified atom stereocenters. The van der Waals surface area contributed by atoms with Gasteiger partial charge in [-0.25, -0.2) is 14.6 Å². The number of fused-ring (bicyclic) bond motifs is 4. The smallest absolute Gasteiger partial charge is 0.280 e. The molecule has 35 heavy (non-hydrogen) atoms. The molecule has 4 aromatic rings. The van der Waals surface area contributed by atoms with Gasteiger partial charge in [-0.15, -0.1) is 11.3 Å². The normalized spacial score (nSPS) is 16.7. The fourth-order valence-electron chi connectivity index (χ4n) is 5.26. The van der Waals surface area contributed by atoms with Crippen molar-refractivity contribution in [1.82, 2.24) is 24.9 Å². The van der Waals surface area contributed by atoms with E-state index in [2.05, 4.69) is 45.4 Å². The summed E-state index contributed by atoms with van der Waals surface area (Å²) >= 11 is 1.64. The molecule has 0 amide bonds. The predicted octanol–water partition coefficient (Wildman–Crippen LogP) is 2.51. The van der Waals surface area contributed by atoms with E-state index >= 15 is 0 Å². The number of benzene rings is 1. The van der Waals surface area contributed by atoms with E-state index in [1.54, 1.807) is 11.3 Å². The molecule has 182 valence electrons. The highest BCUT2D eigenvalue weighted by atomic mass is 32.1. The summed E-state index contributed by atoms with van der Waals surface area (Å²) in [6, 6.07) is 12.6. The van der Waals surface area contributed by atoms with Crippen molar-refractivity contribution in [3.05, 3.63) is 63.0 Å². The number of pyridine rings is 1. The lowest BCUT2D eigenvalue weighted by atomic mass is 10.1. The number of anilines is 1. The average molecular weight is 490 g/mol. The highest BCUT2D eigenvalue weighted by molar-refractivity contribution is 7.18. The Bertz CT molecular complexity index is 1420. The molecule has 2 aliphatic heterocycles. The number of hydrogen-bond acceptors (Lipinski definition) is 8. The minimum atomic E-state index is -0.0946. The lowest BCUT2D eigenvalue weighted by Crippen LogP contribution is -2.46. The fraction of sp³-hybridized carbons (Fsp3) is 0.423. The van der Waals surface area contributed by atoms with E-state index in [1.165, 1.54) is 14.9 Å². The third-order valence-corrected chi connectivity index (χ3v) is 8.38. The van der Waals surface area contributed by atoms with Crippen molar-refractivity contribution in [2.75, 3.05) is 50.0 Å². The van der Waals surface area contributed by atoms with Crippen LogP contribution in [0.4, 0.5) is 5.82 Å². The Morgan fingerprint density at radius 3 is 2.77 bits per heavy atom. The van der Waals surface area contributed by atoms with Gasteiger partial charge in [-0.1, -0.05) is 18.2 Å². The van der Waals surface area contributed by atoms with E-state index in [4.69, 9.17) is 15.8 Å². The van der Waals surface area contributed by atoms with E-state index in [0.717, 1.165) is 98.6 Å². The molecule has 1 fully saturated rings. The molecule has 0 aliphatic carbocycles. The highest BCUT2D eigenvalue weighted by Crippen LogP contribution is 2.30. The van der Waals surface area contributed by atoms with Gasteiger partial charge in [0.2, 0.25) is 0 Å². The molecule has 0 radical (unpaired) electrons. The van der Waals surface area contributed by atoms with E-state index in [9.17, 15) is 4.79 Å². The zero-order valence-electron chi connectivity index (χ0n) is 19.9. The number of para-hydroxylation sites is 1. The molecule has 1 saturated heterocycles. The first-order valence-corrected chi connectivity index (χ1v) is 13.3. The van der Waals surface area contributed by atoms with Crippen LogP contribution in [-0.4, -0.2) is 58.8 Å². The van der Waals surface area contributed by atoms with Crippen molar-refractivity contribution in [2.24, 2.45) is 0 Å². The molecule has 0 spiro atoms.